The van der Waals surface area contributed by atoms with Gasteiger partial charge in [0.05, 0.1) is 25.2 Å². The Labute approximate surface area is 321 Å². The van der Waals surface area contributed by atoms with Crippen LogP contribution >= 0.6 is 0 Å². The highest BCUT2D eigenvalue weighted by Gasteiger charge is 2.58. The number of esters is 1. The topological polar surface area (TPSA) is 275 Å². The summed E-state index contributed by atoms with van der Waals surface area (Å²) >= 11 is 0. The number of carbonyl (C=O) groups excluding carboxylic acids is 1. The summed E-state index contributed by atoms with van der Waals surface area (Å²) in [4.78, 5) is 14.7. The van der Waals surface area contributed by atoms with Gasteiger partial charge in [0.15, 0.2) is 18.7 Å². The predicted octanol–water partition coefficient (Wildman–Crippen LogP) is -1.27. The summed E-state index contributed by atoms with van der Waals surface area (Å²) in [5.74, 6) is -0.335. The highest BCUT2D eigenvalue weighted by Crippen LogP contribution is 2.57. The first-order valence-corrected chi connectivity index (χ1v) is 19.8. The molecule has 5 aliphatic rings. The van der Waals surface area contributed by atoms with Crippen molar-refractivity contribution in [2.75, 3.05) is 19.8 Å². The standard InChI is InChI=1S/C38H64O17/c1-5-18(2)19-9-6-11-23-37(3,12-7-10-19)13-8-14-38(23,4)36(49)55-35-32(54-34-30(48)28(46)25(43)21(16-40)51-34)31(26(44)22(17-41)52-35)53-33-29(47)27(45)24(42)20(15-39)50-33/h19-35,39-48H,2,5-17H2,1,3-4H3/t19-,20+,21+,22+,23-,24+,25+,26+,27-,28-,29+,30+,31-,32+,33-,34-,35-,37+,38+/m0/s1. The number of hydrogen-bond acceptors (Lipinski definition) is 17. The molecule has 0 aromatic carbocycles. The van der Waals surface area contributed by atoms with E-state index in [2.05, 4.69) is 20.4 Å². The first-order valence-electron chi connectivity index (χ1n) is 19.8. The van der Waals surface area contributed by atoms with Gasteiger partial charge in [-0.3, -0.25) is 4.79 Å². The molecule has 0 spiro atoms. The van der Waals surface area contributed by atoms with Gasteiger partial charge < -0.3 is 79.5 Å². The van der Waals surface area contributed by atoms with Gasteiger partial charge in [0.2, 0.25) is 6.29 Å². The number of ether oxygens (including phenoxy) is 6. The molecule has 0 aromatic rings. The summed E-state index contributed by atoms with van der Waals surface area (Å²) < 4.78 is 35.3. The van der Waals surface area contributed by atoms with Crippen molar-refractivity contribution in [3.05, 3.63) is 12.2 Å². The van der Waals surface area contributed by atoms with Crippen LogP contribution in [0.25, 0.3) is 0 Å². The Balaban J connectivity index is 1.48. The number of rotatable bonds is 11. The first-order chi connectivity index (χ1) is 26.0. The highest BCUT2D eigenvalue weighted by molar-refractivity contribution is 5.77. The molecule has 318 valence electrons. The van der Waals surface area contributed by atoms with E-state index in [4.69, 9.17) is 28.4 Å². The Bertz CT molecular complexity index is 1270. The second-order valence-corrected chi connectivity index (χ2v) is 16.7. The van der Waals surface area contributed by atoms with E-state index in [1.165, 1.54) is 5.57 Å². The molecular formula is C38H64O17. The Hall–Kier alpha value is -1.39. The van der Waals surface area contributed by atoms with Crippen molar-refractivity contribution in [3.63, 3.8) is 0 Å². The van der Waals surface area contributed by atoms with Crippen molar-refractivity contribution >= 4 is 5.97 Å². The number of hydrogen-bond donors (Lipinski definition) is 10. The third-order valence-corrected chi connectivity index (χ3v) is 13.2. The Kier molecular flexibility index (Phi) is 15.2. The van der Waals surface area contributed by atoms with E-state index in [-0.39, 0.29) is 11.3 Å². The largest absolute Gasteiger partial charge is 0.432 e. The van der Waals surface area contributed by atoms with Crippen molar-refractivity contribution in [1.82, 2.24) is 0 Å². The lowest BCUT2D eigenvalue weighted by Gasteiger charge is -2.52. The fourth-order valence-corrected chi connectivity index (χ4v) is 9.70. The zero-order valence-corrected chi connectivity index (χ0v) is 32.0. The van der Waals surface area contributed by atoms with Gasteiger partial charge in [-0.15, -0.1) is 0 Å². The maximum Gasteiger partial charge on any atom is 0.314 e. The summed E-state index contributed by atoms with van der Waals surface area (Å²) in [6.07, 6.45) is -17.7. The third kappa shape index (κ3) is 9.11. The second-order valence-electron chi connectivity index (χ2n) is 16.7. The second kappa shape index (κ2) is 18.7. The van der Waals surface area contributed by atoms with Gasteiger partial charge in [0.1, 0.15) is 67.1 Å². The average Bonchev–Trinajstić information content (AvgIpc) is 3.25. The lowest BCUT2D eigenvalue weighted by atomic mass is 9.53. The molecule has 0 amide bonds. The van der Waals surface area contributed by atoms with Crippen molar-refractivity contribution in [2.24, 2.45) is 22.7 Å². The number of aliphatic hydroxyl groups is 10. The van der Waals surface area contributed by atoms with E-state index < -0.39 is 123 Å². The molecule has 55 heavy (non-hydrogen) atoms. The minimum absolute atomic E-state index is 0.0938. The molecule has 17 heteroatoms. The lowest BCUT2D eigenvalue weighted by Crippen LogP contribution is -2.67. The van der Waals surface area contributed by atoms with Crippen LogP contribution in [-0.4, -0.2) is 169 Å². The van der Waals surface area contributed by atoms with Gasteiger partial charge in [-0.1, -0.05) is 45.3 Å². The number of fused-ring (bicyclic) bond motifs is 1. The highest BCUT2D eigenvalue weighted by atomic mass is 16.8. The maximum atomic E-state index is 14.7. The molecule has 5 rings (SSSR count). The van der Waals surface area contributed by atoms with E-state index in [0.717, 1.165) is 57.8 Å². The maximum absolute atomic E-state index is 14.7. The van der Waals surface area contributed by atoms with Gasteiger partial charge in [-0.2, -0.15) is 0 Å². The van der Waals surface area contributed by atoms with Crippen molar-refractivity contribution in [3.8, 4) is 0 Å². The van der Waals surface area contributed by atoms with Crippen LogP contribution in [0.15, 0.2) is 12.2 Å². The average molecular weight is 793 g/mol. The fraction of sp³-hybridized carbons (Fsp3) is 0.921. The summed E-state index contributed by atoms with van der Waals surface area (Å²) in [6, 6.07) is 0. The van der Waals surface area contributed by atoms with Crippen molar-refractivity contribution < 1.29 is 84.3 Å². The smallest absolute Gasteiger partial charge is 0.314 e. The van der Waals surface area contributed by atoms with Crippen LogP contribution < -0.4 is 0 Å². The molecule has 0 aromatic heterocycles. The zero-order chi connectivity index (χ0) is 40.4. The molecule has 3 aliphatic heterocycles. The summed E-state index contributed by atoms with van der Waals surface area (Å²) in [5.41, 5.74) is 0.0229. The summed E-state index contributed by atoms with van der Waals surface area (Å²) in [7, 11) is 0. The Morgan fingerprint density at radius 1 is 0.636 bits per heavy atom. The van der Waals surface area contributed by atoms with Crippen LogP contribution in [0.3, 0.4) is 0 Å². The SMILES string of the molecule is C=C(CC)[C@H]1CCC[C@H]2[C@](C)(CCC1)CCC[C@@]2(C)C(=O)O[C@@H]1O[C@H](CO)[C@@H](O)[C@H](O[C@@H]2O[C@H](CO)[C@@H](O)[C@H](O)[C@H]2O)[C@H]1O[C@@H]1O[C@H](CO)[C@@H](O)[C@H](O)[C@H]1O. The van der Waals surface area contributed by atoms with Crippen LogP contribution in [0.5, 0.6) is 0 Å². The molecule has 0 bridgehead atoms. The van der Waals surface area contributed by atoms with Crippen molar-refractivity contribution in [1.29, 1.82) is 0 Å². The molecular weight excluding hydrogens is 728 g/mol. The van der Waals surface area contributed by atoms with Crippen molar-refractivity contribution in [2.45, 2.75) is 177 Å². The van der Waals surface area contributed by atoms with E-state index >= 15 is 0 Å². The summed E-state index contributed by atoms with van der Waals surface area (Å²) in [5, 5.41) is 105. The van der Waals surface area contributed by atoms with Crippen LogP contribution in [0, 0.1) is 22.7 Å². The minimum Gasteiger partial charge on any atom is -0.432 e. The van der Waals surface area contributed by atoms with Gasteiger partial charge in [0, 0.05) is 0 Å². The number of allylic oxidation sites excluding steroid dienone is 1. The van der Waals surface area contributed by atoms with Gasteiger partial charge in [-0.25, -0.2) is 0 Å². The van der Waals surface area contributed by atoms with E-state index in [1.807, 2.05) is 6.92 Å². The summed E-state index contributed by atoms with van der Waals surface area (Å²) in [6.45, 7) is 8.11. The fourth-order valence-electron chi connectivity index (χ4n) is 9.70. The quantitative estimate of drug-likeness (QED) is 0.0863. The monoisotopic (exact) mass is 792 g/mol. The molecule has 2 aliphatic carbocycles. The van der Waals surface area contributed by atoms with Gasteiger partial charge in [-0.05, 0) is 69.1 Å². The third-order valence-electron chi connectivity index (χ3n) is 13.2. The lowest BCUT2D eigenvalue weighted by molar-refractivity contribution is -0.388. The van der Waals surface area contributed by atoms with Crippen LogP contribution in [-0.2, 0) is 33.2 Å². The van der Waals surface area contributed by atoms with Gasteiger partial charge >= 0.3 is 5.97 Å². The minimum atomic E-state index is -1.95. The van der Waals surface area contributed by atoms with E-state index in [9.17, 15) is 55.9 Å². The molecule has 19 atom stereocenters. The van der Waals surface area contributed by atoms with Crippen LogP contribution in [0.2, 0.25) is 0 Å². The Morgan fingerprint density at radius 2 is 1.13 bits per heavy atom. The molecule has 5 fully saturated rings. The molecule has 3 heterocycles. The molecule has 17 nitrogen and oxygen atoms in total. The number of carbonyl (C=O) groups is 1. The normalized spacial score (nSPS) is 48.5. The van der Waals surface area contributed by atoms with E-state index in [1.54, 1.807) is 0 Å². The first kappa shape index (κ1) is 44.7. The predicted molar refractivity (Wildman–Crippen MR) is 189 cm³/mol. The molecule has 0 unspecified atom stereocenters. The zero-order valence-electron chi connectivity index (χ0n) is 32.0. The van der Waals surface area contributed by atoms with E-state index in [0.29, 0.717) is 12.3 Å². The molecule has 2 saturated carbocycles. The van der Waals surface area contributed by atoms with Gasteiger partial charge in [0.25, 0.3) is 0 Å². The molecule has 3 saturated heterocycles. The Morgan fingerprint density at radius 3 is 1.67 bits per heavy atom. The van der Waals surface area contributed by atoms with Crippen LogP contribution in [0.1, 0.15) is 85.0 Å². The molecule has 0 radical (unpaired) electrons. The molecule has 10 N–H and O–H groups in total. The number of aliphatic hydroxyl groups excluding tert-OH is 10. The van der Waals surface area contributed by atoms with Crippen LogP contribution in [0.4, 0.5) is 0 Å².